The summed E-state index contributed by atoms with van der Waals surface area (Å²) in [5.41, 5.74) is 2.90. The van der Waals surface area contributed by atoms with Crippen molar-refractivity contribution in [3.8, 4) is 0 Å². The second kappa shape index (κ2) is 6.96. The van der Waals surface area contributed by atoms with Gasteiger partial charge < -0.3 is 10.4 Å². The van der Waals surface area contributed by atoms with E-state index in [0.29, 0.717) is 5.75 Å². The van der Waals surface area contributed by atoms with E-state index >= 15 is 0 Å². The molecule has 1 aliphatic carbocycles. The fourth-order valence-corrected chi connectivity index (χ4v) is 3.36. The first kappa shape index (κ1) is 14.4. The van der Waals surface area contributed by atoms with Crippen molar-refractivity contribution < 1.29 is 9.90 Å². The summed E-state index contributed by atoms with van der Waals surface area (Å²) in [7, 11) is 0. The van der Waals surface area contributed by atoms with Crippen molar-refractivity contribution in [2.75, 3.05) is 12.3 Å². The average molecular weight is 279 g/mol. The highest BCUT2D eigenvalue weighted by Crippen LogP contribution is 2.27. The van der Waals surface area contributed by atoms with Crippen molar-refractivity contribution in [3.63, 3.8) is 0 Å². The predicted octanol–water partition coefficient (Wildman–Crippen LogP) is 2.72. The summed E-state index contributed by atoms with van der Waals surface area (Å²) in [6.45, 7) is 2.79. The number of rotatable bonds is 7. The Labute approximate surface area is 118 Å². The fourth-order valence-electron chi connectivity index (χ4n) is 2.35. The third kappa shape index (κ3) is 3.98. The standard InChI is InChI=1S/C15H21NO2S/c1-2-8-16-14(15(17)18)10-19-13-7-6-11-4-3-5-12(11)9-13/h6-7,9,14,16H,2-5,8,10H2,1H3,(H,17,18). The minimum atomic E-state index is -0.762. The lowest BCUT2D eigenvalue weighted by atomic mass is 10.1. The van der Waals surface area contributed by atoms with Crippen LogP contribution in [0, 0.1) is 0 Å². The predicted molar refractivity (Wildman–Crippen MR) is 78.9 cm³/mol. The molecule has 104 valence electrons. The SMILES string of the molecule is CCCNC(CSc1ccc2c(c1)CCC2)C(=O)O. The number of nitrogens with one attached hydrogen (secondary N) is 1. The minimum absolute atomic E-state index is 0.460. The molecule has 0 amide bonds. The highest BCUT2D eigenvalue weighted by atomic mass is 32.2. The van der Waals surface area contributed by atoms with Crippen LogP contribution < -0.4 is 5.32 Å². The molecule has 2 N–H and O–H groups in total. The molecule has 0 aliphatic heterocycles. The van der Waals surface area contributed by atoms with Gasteiger partial charge in [-0.15, -0.1) is 11.8 Å². The second-order valence-electron chi connectivity index (χ2n) is 4.94. The molecule has 3 nitrogen and oxygen atoms in total. The molecule has 1 aliphatic rings. The van der Waals surface area contributed by atoms with Gasteiger partial charge in [-0.1, -0.05) is 13.0 Å². The molecular weight excluding hydrogens is 258 g/mol. The number of thioether (sulfide) groups is 1. The Bertz CT molecular complexity index is 448. The summed E-state index contributed by atoms with van der Waals surface area (Å²) in [6, 6.07) is 6.08. The maximum atomic E-state index is 11.1. The number of hydrogen-bond acceptors (Lipinski definition) is 3. The average Bonchev–Trinajstić information content (AvgIpc) is 2.85. The Balaban J connectivity index is 1.91. The lowest BCUT2D eigenvalue weighted by Gasteiger charge is -2.13. The van der Waals surface area contributed by atoms with Gasteiger partial charge in [0.25, 0.3) is 0 Å². The van der Waals surface area contributed by atoms with E-state index in [2.05, 4.69) is 23.5 Å². The summed E-state index contributed by atoms with van der Waals surface area (Å²) < 4.78 is 0. The van der Waals surface area contributed by atoms with Crippen molar-refractivity contribution in [1.29, 1.82) is 0 Å². The van der Waals surface area contributed by atoms with Crippen molar-refractivity contribution >= 4 is 17.7 Å². The molecule has 0 saturated heterocycles. The maximum absolute atomic E-state index is 11.1. The van der Waals surface area contributed by atoms with E-state index in [-0.39, 0.29) is 0 Å². The molecule has 19 heavy (non-hydrogen) atoms. The number of fused-ring (bicyclic) bond motifs is 1. The Kier molecular flexibility index (Phi) is 5.28. The van der Waals surface area contributed by atoms with Crippen LogP contribution in [-0.4, -0.2) is 29.4 Å². The van der Waals surface area contributed by atoms with Gasteiger partial charge in [-0.2, -0.15) is 0 Å². The highest BCUT2D eigenvalue weighted by molar-refractivity contribution is 7.99. The van der Waals surface area contributed by atoms with Crippen LogP contribution in [0.25, 0.3) is 0 Å². The van der Waals surface area contributed by atoms with Crippen molar-refractivity contribution in [3.05, 3.63) is 29.3 Å². The molecule has 0 spiro atoms. The van der Waals surface area contributed by atoms with Gasteiger partial charge in [0, 0.05) is 10.6 Å². The van der Waals surface area contributed by atoms with E-state index in [9.17, 15) is 4.79 Å². The first-order valence-corrected chi connectivity index (χ1v) is 7.90. The molecule has 0 bridgehead atoms. The van der Waals surface area contributed by atoms with Crippen LogP contribution in [0.4, 0.5) is 0 Å². The Morgan fingerprint density at radius 3 is 2.95 bits per heavy atom. The Morgan fingerprint density at radius 1 is 1.42 bits per heavy atom. The van der Waals surface area contributed by atoms with Crippen LogP contribution >= 0.6 is 11.8 Å². The topological polar surface area (TPSA) is 49.3 Å². The third-order valence-electron chi connectivity index (χ3n) is 3.43. The van der Waals surface area contributed by atoms with Crippen LogP contribution in [0.3, 0.4) is 0 Å². The van der Waals surface area contributed by atoms with E-state index < -0.39 is 12.0 Å². The number of benzene rings is 1. The largest absolute Gasteiger partial charge is 0.480 e. The first-order valence-electron chi connectivity index (χ1n) is 6.91. The number of carboxylic acids is 1. The van der Waals surface area contributed by atoms with Crippen molar-refractivity contribution in [2.24, 2.45) is 0 Å². The summed E-state index contributed by atoms with van der Waals surface area (Å²) >= 11 is 1.63. The molecule has 1 atom stereocenters. The molecule has 1 unspecified atom stereocenters. The van der Waals surface area contributed by atoms with Crippen molar-refractivity contribution in [1.82, 2.24) is 5.32 Å². The quantitative estimate of drug-likeness (QED) is 0.754. The lowest BCUT2D eigenvalue weighted by Crippen LogP contribution is -2.39. The van der Waals surface area contributed by atoms with E-state index in [1.807, 2.05) is 6.92 Å². The van der Waals surface area contributed by atoms with E-state index in [1.54, 1.807) is 11.8 Å². The van der Waals surface area contributed by atoms with Crippen LogP contribution in [0.1, 0.15) is 30.9 Å². The summed E-state index contributed by atoms with van der Waals surface area (Å²) in [5, 5.41) is 12.2. The van der Waals surface area contributed by atoms with E-state index in [4.69, 9.17) is 5.11 Å². The number of aliphatic carboxylic acids is 1. The monoisotopic (exact) mass is 279 g/mol. The smallest absolute Gasteiger partial charge is 0.321 e. The molecule has 0 heterocycles. The Hall–Kier alpha value is -1.00. The zero-order valence-electron chi connectivity index (χ0n) is 11.3. The normalized spacial score (nSPS) is 15.2. The van der Waals surface area contributed by atoms with Gasteiger partial charge >= 0.3 is 5.97 Å². The van der Waals surface area contributed by atoms with Gasteiger partial charge in [-0.25, -0.2) is 0 Å². The molecule has 0 aromatic heterocycles. The van der Waals surface area contributed by atoms with Gasteiger partial charge in [0.2, 0.25) is 0 Å². The summed E-state index contributed by atoms with van der Waals surface area (Å²) in [6.07, 6.45) is 4.56. The zero-order chi connectivity index (χ0) is 13.7. The highest BCUT2D eigenvalue weighted by Gasteiger charge is 2.17. The van der Waals surface area contributed by atoms with Crippen LogP contribution in [0.2, 0.25) is 0 Å². The number of aryl methyl sites for hydroxylation is 2. The molecule has 2 rings (SSSR count). The van der Waals surface area contributed by atoms with Crippen LogP contribution in [0.15, 0.2) is 23.1 Å². The first-order chi connectivity index (χ1) is 9.20. The molecule has 1 aromatic carbocycles. The van der Waals surface area contributed by atoms with Crippen LogP contribution in [0.5, 0.6) is 0 Å². The summed E-state index contributed by atoms with van der Waals surface area (Å²) in [4.78, 5) is 12.3. The van der Waals surface area contributed by atoms with E-state index in [1.165, 1.54) is 35.3 Å². The molecule has 0 fully saturated rings. The number of carbonyl (C=O) groups is 1. The molecular formula is C15H21NO2S. The molecule has 1 aromatic rings. The fraction of sp³-hybridized carbons (Fsp3) is 0.533. The van der Waals surface area contributed by atoms with Crippen LogP contribution in [-0.2, 0) is 17.6 Å². The molecule has 0 saturated carbocycles. The van der Waals surface area contributed by atoms with Gasteiger partial charge in [0.1, 0.15) is 6.04 Å². The third-order valence-corrected chi connectivity index (χ3v) is 4.51. The summed E-state index contributed by atoms with van der Waals surface area (Å²) in [5.74, 6) is -0.184. The molecule has 0 radical (unpaired) electrons. The molecule has 4 heteroatoms. The maximum Gasteiger partial charge on any atom is 0.321 e. The van der Waals surface area contributed by atoms with Gasteiger partial charge in [0.15, 0.2) is 0 Å². The van der Waals surface area contributed by atoms with Crippen molar-refractivity contribution in [2.45, 2.75) is 43.5 Å². The van der Waals surface area contributed by atoms with Gasteiger partial charge in [0.05, 0.1) is 0 Å². The zero-order valence-corrected chi connectivity index (χ0v) is 12.1. The van der Waals surface area contributed by atoms with Gasteiger partial charge in [-0.05, 0) is 55.5 Å². The Morgan fingerprint density at radius 2 is 2.21 bits per heavy atom. The lowest BCUT2D eigenvalue weighted by molar-refractivity contribution is -0.138. The van der Waals surface area contributed by atoms with E-state index in [0.717, 1.165) is 13.0 Å². The van der Waals surface area contributed by atoms with Gasteiger partial charge in [-0.3, -0.25) is 4.79 Å². The minimum Gasteiger partial charge on any atom is -0.480 e. The second-order valence-corrected chi connectivity index (χ2v) is 6.03. The number of carboxylic acid groups (broad SMARTS) is 1. The number of hydrogen-bond donors (Lipinski definition) is 2.